The third kappa shape index (κ3) is 2.49. The summed E-state index contributed by atoms with van der Waals surface area (Å²) in [6.07, 6.45) is 2.40. The molecule has 6 nitrogen and oxygen atoms in total. The lowest BCUT2D eigenvalue weighted by Gasteiger charge is -2.24. The maximum absolute atomic E-state index is 13.1. The minimum absolute atomic E-state index is 0.0755. The normalized spacial score (nSPS) is 22.3. The summed E-state index contributed by atoms with van der Waals surface area (Å²) in [7, 11) is 0. The number of benzene rings is 1. The highest BCUT2D eigenvalue weighted by atomic mass is 16.2. The molecule has 0 radical (unpaired) electrons. The maximum atomic E-state index is 13.1. The predicted octanol–water partition coefficient (Wildman–Crippen LogP) is 2.11. The van der Waals surface area contributed by atoms with E-state index in [2.05, 4.69) is 4.98 Å². The highest BCUT2D eigenvalue weighted by Crippen LogP contribution is 2.33. The van der Waals surface area contributed by atoms with Crippen molar-refractivity contribution in [2.75, 3.05) is 6.54 Å². The first-order valence-corrected chi connectivity index (χ1v) is 8.77. The number of rotatable bonds is 4. The van der Waals surface area contributed by atoms with Crippen molar-refractivity contribution >= 4 is 17.7 Å². The Kier molecular flexibility index (Phi) is 4.03. The van der Waals surface area contributed by atoms with Gasteiger partial charge in [0.2, 0.25) is 5.91 Å². The second kappa shape index (κ2) is 6.37. The van der Waals surface area contributed by atoms with E-state index in [0.717, 1.165) is 5.69 Å². The number of hydrogen-bond donors (Lipinski definition) is 0. The topological polar surface area (TPSA) is 70.6 Å². The van der Waals surface area contributed by atoms with E-state index in [1.54, 1.807) is 35.4 Å². The molecule has 2 aliphatic heterocycles. The molecular formula is C20H19N3O3. The molecule has 3 amide bonds. The molecule has 26 heavy (non-hydrogen) atoms. The molecule has 6 heteroatoms. The van der Waals surface area contributed by atoms with E-state index < -0.39 is 6.04 Å². The number of fused-ring (bicyclic) bond motifs is 1. The lowest BCUT2D eigenvalue weighted by molar-refractivity contribution is -0.131. The number of carbonyl (C=O) groups is 3. The number of pyridine rings is 1. The standard InChI is InChI=1S/C20H19N3O3/c1-2-13-11-22(12-14-7-5-6-10-21-14)20(26)17(13)23-18(24)15-8-3-4-9-16(15)19(23)25/h3-10,13,17H,2,11-12H2,1H3/t13-,17+/m1/s1. The molecule has 0 aliphatic carbocycles. The zero-order chi connectivity index (χ0) is 18.3. The van der Waals surface area contributed by atoms with Crippen LogP contribution < -0.4 is 0 Å². The Morgan fingerprint density at radius 1 is 1.00 bits per heavy atom. The summed E-state index contributed by atoms with van der Waals surface area (Å²) < 4.78 is 0. The lowest BCUT2D eigenvalue weighted by Crippen LogP contribution is -2.47. The van der Waals surface area contributed by atoms with Crippen LogP contribution in [0.2, 0.25) is 0 Å². The Labute approximate surface area is 151 Å². The van der Waals surface area contributed by atoms with Crippen LogP contribution in [0.3, 0.4) is 0 Å². The van der Waals surface area contributed by atoms with Crippen LogP contribution in [0, 0.1) is 5.92 Å². The van der Waals surface area contributed by atoms with Crippen LogP contribution >= 0.6 is 0 Å². The zero-order valence-corrected chi connectivity index (χ0v) is 14.5. The van der Waals surface area contributed by atoms with Crippen LogP contribution in [0.15, 0.2) is 48.7 Å². The van der Waals surface area contributed by atoms with Gasteiger partial charge in [-0.05, 0) is 30.7 Å². The number of likely N-dealkylation sites (tertiary alicyclic amines) is 1. The molecule has 0 spiro atoms. The number of amides is 3. The SMILES string of the molecule is CC[C@@H]1CN(Cc2ccccn2)C(=O)[C@H]1N1C(=O)c2ccccc2C1=O. The van der Waals surface area contributed by atoms with Crippen LogP contribution in [-0.4, -0.2) is 45.1 Å². The molecule has 2 aromatic rings. The maximum Gasteiger partial charge on any atom is 0.262 e. The Bertz CT molecular complexity index is 846. The molecule has 0 bridgehead atoms. The van der Waals surface area contributed by atoms with E-state index in [-0.39, 0.29) is 23.6 Å². The second-order valence-corrected chi connectivity index (χ2v) is 6.68. The van der Waals surface area contributed by atoms with Crippen molar-refractivity contribution in [1.82, 2.24) is 14.8 Å². The third-order valence-electron chi connectivity index (χ3n) is 5.17. The van der Waals surface area contributed by atoms with Crippen molar-refractivity contribution in [2.24, 2.45) is 5.92 Å². The molecule has 1 aromatic heterocycles. The molecule has 0 N–H and O–H groups in total. The van der Waals surface area contributed by atoms with Gasteiger partial charge in [0.1, 0.15) is 6.04 Å². The van der Waals surface area contributed by atoms with Crippen LogP contribution in [-0.2, 0) is 11.3 Å². The summed E-state index contributed by atoms with van der Waals surface area (Å²) in [6.45, 7) is 2.88. The zero-order valence-electron chi connectivity index (χ0n) is 14.5. The van der Waals surface area contributed by atoms with Gasteiger partial charge in [0.05, 0.1) is 23.4 Å². The molecule has 132 valence electrons. The van der Waals surface area contributed by atoms with Crippen LogP contribution in [0.25, 0.3) is 0 Å². The van der Waals surface area contributed by atoms with E-state index in [0.29, 0.717) is 30.6 Å². The quantitative estimate of drug-likeness (QED) is 0.793. The van der Waals surface area contributed by atoms with Gasteiger partial charge in [-0.1, -0.05) is 25.1 Å². The lowest BCUT2D eigenvalue weighted by atomic mass is 9.99. The second-order valence-electron chi connectivity index (χ2n) is 6.68. The number of hydrogen-bond acceptors (Lipinski definition) is 4. The Morgan fingerprint density at radius 3 is 2.23 bits per heavy atom. The van der Waals surface area contributed by atoms with E-state index in [1.165, 1.54) is 4.90 Å². The van der Waals surface area contributed by atoms with E-state index in [9.17, 15) is 14.4 Å². The van der Waals surface area contributed by atoms with Crippen molar-refractivity contribution < 1.29 is 14.4 Å². The smallest absolute Gasteiger partial charge is 0.262 e. The van der Waals surface area contributed by atoms with Gasteiger partial charge in [-0.25, -0.2) is 0 Å². The molecule has 1 fully saturated rings. The molecule has 4 rings (SSSR count). The highest BCUT2D eigenvalue weighted by molar-refractivity contribution is 6.23. The van der Waals surface area contributed by atoms with Crippen LogP contribution in [0.1, 0.15) is 39.8 Å². The summed E-state index contributed by atoms with van der Waals surface area (Å²) in [5, 5.41) is 0. The number of nitrogens with zero attached hydrogens (tertiary/aromatic N) is 3. The monoisotopic (exact) mass is 349 g/mol. The minimum atomic E-state index is -0.740. The Hall–Kier alpha value is -3.02. The number of aromatic nitrogens is 1. The fourth-order valence-electron chi connectivity index (χ4n) is 3.83. The first-order valence-electron chi connectivity index (χ1n) is 8.77. The largest absolute Gasteiger partial charge is 0.335 e. The van der Waals surface area contributed by atoms with Gasteiger partial charge < -0.3 is 4.90 Å². The van der Waals surface area contributed by atoms with E-state index >= 15 is 0 Å². The van der Waals surface area contributed by atoms with Gasteiger partial charge in [-0.2, -0.15) is 0 Å². The van der Waals surface area contributed by atoms with Gasteiger partial charge in [0.25, 0.3) is 11.8 Å². The highest BCUT2D eigenvalue weighted by Gasteiger charge is 2.50. The fourth-order valence-corrected chi connectivity index (χ4v) is 3.83. The predicted molar refractivity (Wildman–Crippen MR) is 94.2 cm³/mol. The molecule has 1 aromatic carbocycles. The van der Waals surface area contributed by atoms with Gasteiger partial charge in [0, 0.05) is 18.7 Å². The molecular weight excluding hydrogens is 330 g/mol. The molecule has 1 saturated heterocycles. The Balaban J connectivity index is 1.63. The van der Waals surface area contributed by atoms with Gasteiger partial charge in [-0.15, -0.1) is 0 Å². The number of imide groups is 1. The average Bonchev–Trinajstić information content (AvgIpc) is 3.10. The van der Waals surface area contributed by atoms with Crippen molar-refractivity contribution in [3.8, 4) is 0 Å². The third-order valence-corrected chi connectivity index (χ3v) is 5.17. The Morgan fingerprint density at radius 2 is 1.65 bits per heavy atom. The van der Waals surface area contributed by atoms with Gasteiger partial charge in [0.15, 0.2) is 0 Å². The summed E-state index contributed by atoms with van der Waals surface area (Å²) in [5.74, 6) is -1.00. The average molecular weight is 349 g/mol. The summed E-state index contributed by atoms with van der Waals surface area (Å²) in [5.41, 5.74) is 1.55. The minimum Gasteiger partial charge on any atom is -0.335 e. The molecule has 0 unspecified atom stereocenters. The van der Waals surface area contributed by atoms with Crippen molar-refractivity contribution in [1.29, 1.82) is 0 Å². The van der Waals surface area contributed by atoms with Crippen molar-refractivity contribution in [3.05, 3.63) is 65.5 Å². The summed E-state index contributed by atoms with van der Waals surface area (Å²) in [6, 6.07) is 11.6. The molecule has 2 atom stereocenters. The van der Waals surface area contributed by atoms with E-state index in [1.807, 2.05) is 25.1 Å². The van der Waals surface area contributed by atoms with Crippen LogP contribution in [0.5, 0.6) is 0 Å². The fraction of sp³-hybridized carbons (Fsp3) is 0.300. The summed E-state index contributed by atoms with van der Waals surface area (Å²) >= 11 is 0. The van der Waals surface area contributed by atoms with Crippen LogP contribution in [0.4, 0.5) is 0 Å². The summed E-state index contributed by atoms with van der Waals surface area (Å²) in [4.78, 5) is 45.8. The first-order chi connectivity index (χ1) is 12.6. The molecule has 3 heterocycles. The van der Waals surface area contributed by atoms with Gasteiger partial charge >= 0.3 is 0 Å². The molecule has 0 saturated carbocycles. The number of carbonyl (C=O) groups excluding carboxylic acids is 3. The van der Waals surface area contributed by atoms with Crippen molar-refractivity contribution in [2.45, 2.75) is 25.9 Å². The van der Waals surface area contributed by atoms with Gasteiger partial charge in [-0.3, -0.25) is 24.3 Å². The van der Waals surface area contributed by atoms with Crippen molar-refractivity contribution in [3.63, 3.8) is 0 Å². The van der Waals surface area contributed by atoms with E-state index in [4.69, 9.17) is 0 Å². The first kappa shape index (κ1) is 16.4. The molecule has 2 aliphatic rings.